The van der Waals surface area contributed by atoms with Gasteiger partial charge in [-0.3, -0.25) is 10.1 Å². The highest BCUT2D eigenvalue weighted by Crippen LogP contribution is 2.34. The van der Waals surface area contributed by atoms with Gasteiger partial charge in [0.1, 0.15) is 5.69 Å². The van der Waals surface area contributed by atoms with E-state index in [0.29, 0.717) is 25.4 Å². The summed E-state index contributed by atoms with van der Waals surface area (Å²) in [6.07, 6.45) is 0.782. The first-order valence-electron chi connectivity index (χ1n) is 6.53. The maximum absolute atomic E-state index is 11.2. The van der Waals surface area contributed by atoms with Crippen LogP contribution in [0.2, 0.25) is 0 Å². The van der Waals surface area contributed by atoms with E-state index in [0.717, 1.165) is 6.42 Å². The molecule has 0 fully saturated rings. The monoisotopic (exact) mass is 284 g/mol. The molecule has 1 aromatic rings. The van der Waals surface area contributed by atoms with Gasteiger partial charge >= 0.3 is 5.69 Å². The van der Waals surface area contributed by atoms with E-state index in [4.69, 9.17) is 14.6 Å². The summed E-state index contributed by atoms with van der Waals surface area (Å²) < 4.78 is 10.5. The number of anilines is 1. The number of nitro benzene ring substituents is 1. The number of hydrogen-bond donors (Lipinski definition) is 2. The van der Waals surface area contributed by atoms with Gasteiger partial charge in [-0.15, -0.1) is 0 Å². The number of nitrogens with zero attached hydrogens (tertiary/aromatic N) is 1. The average Bonchev–Trinajstić information content (AvgIpc) is 2.44. The molecule has 0 spiro atoms. The lowest BCUT2D eigenvalue weighted by atomic mass is 10.2. The molecule has 0 radical (unpaired) electrons. The molecule has 7 nitrogen and oxygen atoms in total. The van der Waals surface area contributed by atoms with Crippen LogP contribution >= 0.6 is 0 Å². The van der Waals surface area contributed by atoms with E-state index in [1.54, 1.807) is 18.2 Å². The number of hydrogen-bond acceptors (Lipinski definition) is 6. The molecule has 0 aromatic heterocycles. The van der Waals surface area contributed by atoms with Crippen LogP contribution in [0.3, 0.4) is 0 Å². The van der Waals surface area contributed by atoms with E-state index < -0.39 is 4.92 Å². The van der Waals surface area contributed by atoms with E-state index in [1.165, 1.54) is 0 Å². The van der Waals surface area contributed by atoms with Crippen molar-refractivity contribution in [2.45, 2.75) is 13.3 Å². The molecule has 2 N–H and O–H groups in total. The predicted molar refractivity (Wildman–Crippen MR) is 75.3 cm³/mol. The van der Waals surface area contributed by atoms with Gasteiger partial charge in [-0.25, -0.2) is 0 Å². The molecule has 0 bridgehead atoms. The molecule has 112 valence electrons. The van der Waals surface area contributed by atoms with Crippen molar-refractivity contribution in [2.24, 2.45) is 0 Å². The minimum absolute atomic E-state index is 0.0412. The number of nitrogens with one attached hydrogen (secondary N) is 1. The topological polar surface area (TPSA) is 93.9 Å². The number of para-hydroxylation sites is 1. The molecule has 0 atom stereocenters. The van der Waals surface area contributed by atoms with Crippen LogP contribution in [0, 0.1) is 10.1 Å². The Kier molecular flexibility index (Phi) is 7.38. The highest BCUT2D eigenvalue weighted by atomic mass is 16.6. The molecule has 0 saturated carbocycles. The Bertz CT molecular complexity index is 425. The lowest BCUT2D eigenvalue weighted by Gasteiger charge is -2.11. The van der Waals surface area contributed by atoms with Crippen molar-refractivity contribution in [1.29, 1.82) is 0 Å². The minimum atomic E-state index is -0.456. The van der Waals surface area contributed by atoms with Gasteiger partial charge in [-0.05, 0) is 18.6 Å². The Labute approximate surface area is 117 Å². The summed E-state index contributed by atoms with van der Waals surface area (Å²) in [6, 6.07) is 4.92. The van der Waals surface area contributed by atoms with Crippen LogP contribution in [0.4, 0.5) is 11.4 Å². The predicted octanol–water partition coefficient (Wildman–Crippen LogP) is 1.80. The van der Waals surface area contributed by atoms with Crippen LogP contribution in [0.25, 0.3) is 0 Å². The Balaban J connectivity index is 2.71. The SMILES string of the molecule is CCCOc1cccc(NCCOCCO)c1[N+](=O)[O-]. The first-order valence-corrected chi connectivity index (χ1v) is 6.53. The first kappa shape index (κ1) is 16.2. The quantitative estimate of drug-likeness (QED) is 0.386. The lowest BCUT2D eigenvalue weighted by molar-refractivity contribution is -0.385. The second-order valence-electron chi connectivity index (χ2n) is 4.02. The first-order chi connectivity index (χ1) is 9.70. The van der Waals surface area contributed by atoms with E-state index in [-0.39, 0.29) is 24.7 Å². The van der Waals surface area contributed by atoms with E-state index in [9.17, 15) is 10.1 Å². The molecule has 0 aliphatic heterocycles. The minimum Gasteiger partial charge on any atom is -0.487 e. The molecule has 20 heavy (non-hydrogen) atoms. The Hall–Kier alpha value is -1.86. The van der Waals surface area contributed by atoms with Crippen LogP contribution < -0.4 is 10.1 Å². The summed E-state index contributed by atoms with van der Waals surface area (Å²) in [5, 5.41) is 22.7. The van der Waals surface area contributed by atoms with Crippen molar-refractivity contribution < 1.29 is 19.5 Å². The molecule has 1 rings (SSSR count). The fourth-order valence-corrected chi connectivity index (χ4v) is 1.61. The fourth-order valence-electron chi connectivity index (χ4n) is 1.61. The van der Waals surface area contributed by atoms with Crippen LogP contribution in [0.15, 0.2) is 18.2 Å². The number of rotatable bonds is 10. The number of aliphatic hydroxyl groups is 1. The molecular formula is C13H20N2O5. The van der Waals surface area contributed by atoms with E-state index >= 15 is 0 Å². The number of benzene rings is 1. The molecule has 0 aliphatic carbocycles. The molecule has 0 aliphatic rings. The molecule has 1 aromatic carbocycles. The molecule has 0 saturated heterocycles. The van der Waals surface area contributed by atoms with Crippen molar-refractivity contribution >= 4 is 11.4 Å². The van der Waals surface area contributed by atoms with E-state index in [1.807, 2.05) is 6.92 Å². The second kappa shape index (κ2) is 9.11. The zero-order valence-corrected chi connectivity index (χ0v) is 11.5. The fraction of sp³-hybridized carbons (Fsp3) is 0.538. The summed E-state index contributed by atoms with van der Waals surface area (Å²) in [5.74, 6) is 0.262. The lowest BCUT2D eigenvalue weighted by Crippen LogP contribution is -2.12. The van der Waals surface area contributed by atoms with Crippen LogP contribution in [-0.4, -0.2) is 43.0 Å². The third-order valence-electron chi connectivity index (χ3n) is 2.44. The number of ether oxygens (including phenoxy) is 2. The zero-order chi connectivity index (χ0) is 14.8. The number of aliphatic hydroxyl groups excluding tert-OH is 1. The third kappa shape index (κ3) is 5.02. The molecule has 0 unspecified atom stereocenters. The Morgan fingerprint density at radius 2 is 2.15 bits per heavy atom. The summed E-state index contributed by atoms with van der Waals surface area (Å²) >= 11 is 0. The molecule has 0 amide bonds. The van der Waals surface area contributed by atoms with Crippen molar-refractivity contribution in [2.75, 3.05) is 38.3 Å². The third-order valence-corrected chi connectivity index (χ3v) is 2.44. The normalized spacial score (nSPS) is 10.3. The average molecular weight is 284 g/mol. The molecule has 7 heteroatoms. The summed E-state index contributed by atoms with van der Waals surface area (Å²) in [4.78, 5) is 10.7. The van der Waals surface area contributed by atoms with Gasteiger partial charge in [0.2, 0.25) is 0 Å². The van der Waals surface area contributed by atoms with Crippen molar-refractivity contribution in [3.8, 4) is 5.75 Å². The highest BCUT2D eigenvalue weighted by Gasteiger charge is 2.20. The van der Waals surface area contributed by atoms with Crippen LogP contribution in [0.1, 0.15) is 13.3 Å². The maximum atomic E-state index is 11.2. The van der Waals surface area contributed by atoms with E-state index in [2.05, 4.69) is 5.32 Å². The Morgan fingerprint density at radius 3 is 2.80 bits per heavy atom. The number of nitro groups is 1. The van der Waals surface area contributed by atoms with Crippen LogP contribution in [0.5, 0.6) is 5.75 Å². The summed E-state index contributed by atoms with van der Waals surface area (Å²) in [6.45, 7) is 3.36. The van der Waals surface area contributed by atoms with Crippen molar-refractivity contribution in [1.82, 2.24) is 0 Å². The summed E-state index contributed by atoms with van der Waals surface area (Å²) in [5.41, 5.74) is 0.333. The van der Waals surface area contributed by atoms with Crippen molar-refractivity contribution in [3.63, 3.8) is 0 Å². The van der Waals surface area contributed by atoms with Gasteiger partial charge in [-0.1, -0.05) is 13.0 Å². The standard InChI is InChI=1S/C13H20N2O5/c1-2-8-20-12-5-3-4-11(13(12)15(17)18)14-6-9-19-10-7-16/h3-5,14,16H,2,6-10H2,1H3. The summed E-state index contributed by atoms with van der Waals surface area (Å²) in [7, 11) is 0. The molecular weight excluding hydrogens is 264 g/mol. The highest BCUT2D eigenvalue weighted by molar-refractivity contribution is 5.68. The van der Waals surface area contributed by atoms with Gasteiger partial charge in [0, 0.05) is 6.54 Å². The Morgan fingerprint density at radius 1 is 1.35 bits per heavy atom. The van der Waals surface area contributed by atoms with Crippen LogP contribution in [-0.2, 0) is 4.74 Å². The van der Waals surface area contributed by atoms with Gasteiger partial charge in [0.05, 0.1) is 31.4 Å². The van der Waals surface area contributed by atoms with Gasteiger partial charge in [0.15, 0.2) is 5.75 Å². The largest absolute Gasteiger partial charge is 0.487 e. The van der Waals surface area contributed by atoms with Gasteiger partial charge in [0.25, 0.3) is 0 Å². The smallest absolute Gasteiger partial charge is 0.333 e. The second-order valence-corrected chi connectivity index (χ2v) is 4.02. The van der Waals surface area contributed by atoms with Gasteiger partial charge in [-0.2, -0.15) is 0 Å². The zero-order valence-electron chi connectivity index (χ0n) is 11.5. The van der Waals surface area contributed by atoms with Gasteiger partial charge < -0.3 is 19.9 Å². The molecule has 0 heterocycles. The van der Waals surface area contributed by atoms with Crippen molar-refractivity contribution in [3.05, 3.63) is 28.3 Å². The maximum Gasteiger partial charge on any atom is 0.333 e.